The van der Waals surface area contributed by atoms with E-state index in [1.807, 2.05) is 0 Å². The summed E-state index contributed by atoms with van der Waals surface area (Å²) in [7, 11) is -8.40. The van der Waals surface area contributed by atoms with Gasteiger partial charge in [-0.25, -0.2) is 0 Å². The number of nitrogens with zero attached hydrogens (tertiary/aromatic N) is 2. The summed E-state index contributed by atoms with van der Waals surface area (Å²) in [6, 6.07) is 8.85. The van der Waals surface area contributed by atoms with Crippen molar-refractivity contribution in [1.29, 1.82) is 0 Å². The summed E-state index contributed by atoms with van der Waals surface area (Å²) in [6.07, 6.45) is 0. The van der Waals surface area contributed by atoms with Gasteiger partial charge in [-0.2, -0.15) is 16.8 Å². The third kappa shape index (κ3) is 5.09. The van der Waals surface area contributed by atoms with Gasteiger partial charge in [0.05, 0.1) is 17.7 Å². The molecule has 0 radical (unpaired) electrons. The fraction of sp³-hybridized carbons (Fsp3) is 0.105. The molecule has 0 unspecified atom stereocenters. The average Bonchev–Trinajstić information content (AvgIpc) is 2.70. The Hall–Kier alpha value is -3.59. The van der Waals surface area contributed by atoms with Gasteiger partial charge in [0.2, 0.25) is 5.91 Å². The van der Waals surface area contributed by atoms with Crippen LogP contribution in [0.1, 0.15) is 6.92 Å². The number of phenols is 1. The highest BCUT2D eigenvalue weighted by atomic mass is 32.2. The number of methoxy groups -OCH3 is 1. The molecule has 0 aliphatic heterocycles. The third-order valence-electron chi connectivity index (χ3n) is 4.35. The minimum Gasteiger partial charge on any atom is -0.505 e. The molecule has 0 saturated carbocycles. The van der Waals surface area contributed by atoms with Crippen molar-refractivity contribution in [2.45, 2.75) is 16.7 Å². The Kier molecular flexibility index (Phi) is 6.37. The van der Waals surface area contributed by atoms with Crippen LogP contribution in [0.15, 0.2) is 62.5 Å². The Labute approximate surface area is 188 Å². The van der Waals surface area contributed by atoms with E-state index in [-0.39, 0.29) is 27.9 Å². The number of azo groups is 1. The van der Waals surface area contributed by atoms with E-state index in [2.05, 4.69) is 15.5 Å². The fourth-order valence-electron chi connectivity index (χ4n) is 3.01. The van der Waals surface area contributed by atoms with E-state index in [9.17, 15) is 35.8 Å². The van der Waals surface area contributed by atoms with Gasteiger partial charge in [-0.15, -0.1) is 10.2 Å². The van der Waals surface area contributed by atoms with Crippen molar-refractivity contribution in [1.82, 2.24) is 0 Å². The normalized spacial score (nSPS) is 12.2. The van der Waals surface area contributed by atoms with E-state index < -0.39 is 47.4 Å². The first-order chi connectivity index (χ1) is 15.3. The van der Waals surface area contributed by atoms with Gasteiger partial charge < -0.3 is 15.2 Å². The fourth-order valence-corrected chi connectivity index (χ4v) is 4.21. The second-order valence-corrected chi connectivity index (χ2v) is 9.46. The molecule has 0 aliphatic rings. The number of hydrogen-bond acceptors (Lipinski definition) is 9. The molecule has 33 heavy (non-hydrogen) atoms. The van der Waals surface area contributed by atoms with Crippen LogP contribution in [0.4, 0.5) is 17.1 Å². The van der Waals surface area contributed by atoms with E-state index in [1.165, 1.54) is 13.2 Å². The predicted molar refractivity (Wildman–Crippen MR) is 117 cm³/mol. The van der Waals surface area contributed by atoms with E-state index in [0.717, 1.165) is 25.1 Å². The first-order valence-electron chi connectivity index (χ1n) is 8.94. The highest BCUT2D eigenvalue weighted by Gasteiger charge is 2.25. The van der Waals surface area contributed by atoms with Gasteiger partial charge in [0.1, 0.15) is 22.0 Å². The maximum atomic E-state index is 12.0. The second kappa shape index (κ2) is 8.74. The number of amides is 1. The molecule has 0 aromatic heterocycles. The van der Waals surface area contributed by atoms with Gasteiger partial charge in [0, 0.05) is 12.3 Å². The number of benzene rings is 3. The number of carbonyl (C=O) groups excluding carboxylic acids is 1. The molecule has 1 amide bonds. The summed E-state index contributed by atoms with van der Waals surface area (Å²) in [6.45, 7) is 1.11. The standard InChI is InChI=1S/C19H17N3O9S2/c1-10(23)20-14-9-12(32(25,26)27)7-11-8-16(33(28,29)30)18(19(24)17(11)14)22-21-13-5-3-4-6-15(13)31-2/h3-9,24H,1-2H3,(H,20,23)(H,25,26,27)(H,28,29,30). The first kappa shape index (κ1) is 24.1. The molecular weight excluding hydrogens is 478 g/mol. The summed E-state index contributed by atoms with van der Waals surface area (Å²) >= 11 is 0. The maximum Gasteiger partial charge on any atom is 0.296 e. The van der Waals surface area contributed by atoms with Crippen molar-refractivity contribution in [3.63, 3.8) is 0 Å². The lowest BCUT2D eigenvalue weighted by Crippen LogP contribution is -2.08. The number of carbonyl (C=O) groups is 1. The van der Waals surface area contributed by atoms with Gasteiger partial charge in [0.15, 0.2) is 5.75 Å². The first-order valence-corrected chi connectivity index (χ1v) is 11.8. The highest BCUT2D eigenvalue weighted by molar-refractivity contribution is 7.86. The number of para-hydroxylation sites is 1. The van der Waals surface area contributed by atoms with Crippen molar-refractivity contribution < 1.29 is 40.6 Å². The van der Waals surface area contributed by atoms with Crippen molar-refractivity contribution >= 4 is 54.0 Å². The number of phenolic OH excluding ortho intramolecular Hbond substituents is 1. The number of ether oxygens (including phenoxy) is 1. The van der Waals surface area contributed by atoms with Crippen LogP contribution in [0.5, 0.6) is 11.5 Å². The minimum atomic E-state index is -5.00. The number of anilines is 1. The lowest BCUT2D eigenvalue weighted by Gasteiger charge is -2.14. The van der Waals surface area contributed by atoms with E-state index in [4.69, 9.17) is 4.74 Å². The van der Waals surface area contributed by atoms with Crippen LogP contribution in [0.3, 0.4) is 0 Å². The van der Waals surface area contributed by atoms with Crippen LogP contribution in [0.2, 0.25) is 0 Å². The Bertz CT molecular complexity index is 1520. The summed E-state index contributed by atoms with van der Waals surface area (Å²) in [5.41, 5.74) is -0.771. The summed E-state index contributed by atoms with van der Waals surface area (Å²) in [4.78, 5) is 10.0. The largest absolute Gasteiger partial charge is 0.505 e. The lowest BCUT2D eigenvalue weighted by atomic mass is 10.1. The van der Waals surface area contributed by atoms with Crippen LogP contribution in [0.25, 0.3) is 10.8 Å². The van der Waals surface area contributed by atoms with Gasteiger partial charge in [-0.3, -0.25) is 13.9 Å². The molecule has 3 aromatic rings. The molecule has 12 nitrogen and oxygen atoms in total. The lowest BCUT2D eigenvalue weighted by molar-refractivity contribution is -0.114. The van der Waals surface area contributed by atoms with Crippen molar-refractivity contribution in [3.05, 3.63) is 42.5 Å². The van der Waals surface area contributed by atoms with E-state index >= 15 is 0 Å². The molecular formula is C19H17N3O9S2. The van der Waals surface area contributed by atoms with E-state index in [0.29, 0.717) is 0 Å². The Morgan fingerprint density at radius 1 is 1.00 bits per heavy atom. The van der Waals surface area contributed by atoms with Crippen molar-refractivity contribution in [3.8, 4) is 11.5 Å². The van der Waals surface area contributed by atoms with Crippen LogP contribution in [0, 0.1) is 0 Å². The van der Waals surface area contributed by atoms with E-state index in [1.54, 1.807) is 18.2 Å². The molecule has 0 fully saturated rings. The Balaban J connectivity index is 2.41. The second-order valence-electron chi connectivity index (χ2n) is 6.64. The smallest absolute Gasteiger partial charge is 0.296 e. The molecule has 14 heteroatoms. The molecule has 0 bridgehead atoms. The topological polar surface area (TPSA) is 192 Å². The predicted octanol–water partition coefficient (Wildman–Crippen LogP) is 3.42. The number of fused-ring (bicyclic) bond motifs is 1. The minimum absolute atomic E-state index is 0.171. The number of rotatable bonds is 6. The zero-order chi connectivity index (χ0) is 24.6. The Morgan fingerprint density at radius 3 is 2.24 bits per heavy atom. The molecule has 3 aromatic carbocycles. The third-order valence-corrected chi connectivity index (χ3v) is 6.05. The molecule has 4 N–H and O–H groups in total. The molecule has 0 heterocycles. The quantitative estimate of drug-likeness (QED) is 0.293. The van der Waals surface area contributed by atoms with Gasteiger partial charge in [-0.05, 0) is 35.7 Å². The summed E-state index contributed by atoms with van der Waals surface area (Å²) in [5.74, 6) is -1.20. The van der Waals surface area contributed by atoms with Crippen LogP contribution >= 0.6 is 0 Å². The molecule has 0 saturated heterocycles. The molecule has 0 spiro atoms. The van der Waals surface area contributed by atoms with Crippen molar-refractivity contribution in [2.24, 2.45) is 10.2 Å². The van der Waals surface area contributed by atoms with Crippen LogP contribution in [-0.4, -0.2) is 44.1 Å². The molecule has 174 valence electrons. The SMILES string of the molecule is COc1ccccc1N=Nc1c(S(=O)(=O)O)cc2cc(S(=O)(=O)O)cc(NC(C)=O)c2c1O. The summed E-state index contributed by atoms with van der Waals surface area (Å²) in [5, 5.41) is 20.4. The Morgan fingerprint density at radius 2 is 1.67 bits per heavy atom. The zero-order valence-electron chi connectivity index (χ0n) is 17.0. The average molecular weight is 495 g/mol. The number of aromatic hydroxyl groups is 1. The number of hydrogen-bond donors (Lipinski definition) is 4. The van der Waals surface area contributed by atoms with Gasteiger partial charge in [0.25, 0.3) is 20.2 Å². The summed E-state index contributed by atoms with van der Waals surface area (Å²) < 4.78 is 71.5. The maximum absolute atomic E-state index is 12.0. The zero-order valence-corrected chi connectivity index (χ0v) is 18.7. The van der Waals surface area contributed by atoms with Gasteiger partial charge in [-0.1, -0.05) is 12.1 Å². The van der Waals surface area contributed by atoms with Gasteiger partial charge >= 0.3 is 0 Å². The van der Waals surface area contributed by atoms with Crippen LogP contribution < -0.4 is 10.1 Å². The highest BCUT2D eigenvalue weighted by Crippen LogP contribution is 2.45. The van der Waals surface area contributed by atoms with Crippen molar-refractivity contribution in [2.75, 3.05) is 12.4 Å². The monoisotopic (exact) mass is 495 g/mol. The number of nitrogens with one attached hydrogen (secondary N) is 1. The molecule has 3 rings (SSSR count). The molecule has 0 aliphatic carbocycles. The molecule has 0 atom stereocenters. The van der Waals surface area contributed by atoms with Crippen LogP contribution in [-0.2, 0) is 25.0 Å².